The van der Waals surface area contributed by atoms with E-state index in [1.54, 1.807) is 0 Å². The minimum atomic E-state index is -0.272. The molecule has 1 aliphatic carbocycles. The molecule has 0 atom stereocenters. The summed E-state index contributed by atoms with van der Waals surface area (Å²) < 4.78 is 0. The quantitative estimate of drug-likeness (QED) is 0.724. The number of hydrogen-bond donors (Lipinski definition) is 3. The summed E-state index contributed by atoms with van der Waals surface area (Å²) in [6.07, 6.45) is 5.51. The predicted octanol–water partition coefficient (Wildman–Crippen LogP) is 0.448. The minimum Gasteiger partial charge on any atom is -0.391 e. The molecule has 0 aliphatic heterocycles. The minimum absolute atomic E-state index is 0.203. The lowest BCUT2D eigenvalue weighted by Crippen LogP contribution is -2.42. The van der Waals surface area contributed by atoms with Crippen LogP contribution in [0.4, 0.5) is 11.5 Å². The van der Waals surface area contributed by atoms with Gasteiger partial charge in [-0.1, -0.05) is 0 Å². The predicted molar refractivity (Wildman–Crippen MR) is 72.5 cm³/mol. The number of aromatic amines is 1. The molecule has 2 rings (SSSR count). The smallest absolute Gasteiger partial charge is 0.276 e. The highest BCUT2D eigenvalue weighted by Gasteiger charge is 2.25. The number of nitrogens with two attached hydrogens (primary N) is 2. The Hall–Kier alpha value is -1.56. The molecule has 0 unspecified atom stereocenters. The molecule has 6 heteroatoms. The van der Waals surface area contributed by atoms with Crippen molar-refractivity contribution in [1.29, 1.82) is 0 Å². The fourth-order valence-corrected chi connectivity index (χ4v) is 2.62. The number of anilines is 2. The van der Waals surface area contributed by atoms with Gasteiger partial charge in [0.15, 0.2) is 5.82 Å². The van der Waals surface area contributed by atoms with Crippen LogP contribution in [0, 0.1) is 0 Å². The monoisotopic (exact) mass is 251 g/mol. The Morgan fingerprint density at radius 2 is 2.11 bits per heavy atom. The molecule has 0 aromatic carbocycles. The van der Waals surface area contributed by atoms with E-state index in [-0.39, 0.29) is 11.2 Å². The van der Waals surface area contributed by atoms with E-state index < -0.39 is 0 Å². The molecule has 100 valence electrons. The van der Waals surface area contributed by atoms with Crippen molar-refractivity contribution in [3.8, 4) is 0 Å². The van der Waals surface area contributed by atoms with E-state index in [1.807, 2.05) is 0 Å². The van der Waals surface area contributed by atoms with Gasteiger partial charge < -0.3 is 21.4 Å². The average Bonchev–Trinajstić information content (AvgIpc) is 2.37. The van der Waals surface area contributed by atoms with Crippen LogP contribution in [0.3, 0.4) is 0 Å². The van der Waals surface area contributed by atoms with Gasteiger partial charge in [0.25, 0.3) is 5.56 Å². The Morgan fingerprint density at radius 1 is 1.44 bits per heavy atom. The third kappa shape index (κ3) is 2.48. The summed E-state index contributed by atoms with van der Waals surface area (Å²) in [7, 11) is 0. The highest BCUT2D eigenvalue weighted by Crippen LogP contribution is 2.27. The number of nitrogens with zero attached hydrogens (tertiary/aromatic N) is 2. The molecule has 1 aliphatic rings. The molecule has 0 saturated heterocycles. The number of H-pyrrole nitrogens is 1. The van der Waals surface area contributed by atoms with Gasteiger partial charge in [0.1, 0.15) is 5.69 Å². The Labute approximate surface area is 106 Å². The zero-order valence-corrected chi connectivity index (χ0v) is 10.7. The first kappa shape index (κ1) is 12.9. The highest BCUT2D eigenvalue weighted by atomic mass is 16.1. The second-order valence-electron chi connectivity index (χ2n) is 4.82. The third-order valence-corrected chi connectivity index (χ3v) is 3.66. The van der Waals surface area contributed by atoms with Crippen LogP contribution in [0.15, 0.2) is 11.1 Å². The molecular formula is C12H21N5O. The van der Waals surface area contributed by atoms with Crippen molar-refractivity contribution in [2.45, 2.75) is 44.7 Å². The molecule has 6 nitrogen and oxygen atoms in total. The molecule has 0 bridgehead atoms. The van der Waals surface area contributed by atoms with E-state index in [0.29, 0.717) is 17.9 Å². The summed E-state index contributed by atoms with van der Waals surface area (Å²) in [6, 6.07) is 0.691. The van der Waals surface area contributed by atoms with Crippen molar-refractivity contribution in [3.63, 3.8) is 0 Å². The van der Waals surface area contributed by atoms with E-state index >= 15 is 0 Å². The molecule has 1 aromatic heterocycles. The van der Waals surface area contributed by atoms with Crippen molar-refractivity contribution >= 4 is 11.5 Å². The zero-order valence-electron chi connectivity index (χ0n) is 10.7. The summed E-state index contributed by atoms with van der Waals surface area (Å²) in [6.45, 7) is 2.84. The van der Waals surface area contributed by atoms with E-state index in [9.17, 15) is 4.79 Å². The number of aromatic nitrogens is 2. The van der Waals surface area contributed by atoms with Crippen LogP contribution in [0.5, 0.6) is 0 Å². The second kappa shape index (κ2) is 5.39. The fraction of sp³-hybridized carbons (Fsp3) is 0.667. The Kier molecular flexibility index (Phi) is 3.86. The van der Waals surface area contributed by atoms with Crippen molar-refractivity contribution < 1.29 is 0 Å². The lowest BCUT2D eigenvalue weighted by atomic mass is 9.90. The van der Waals surface area contributed by atoms with Gasteiger partial charge in [-0.3, -0.25) is 4.79 Å². The van der Waals surface area contributed by atoms with Gasteiger partial charge in [-0.05, 0) is 32.6 Å². The highest BCUT2D eigenvalue weighted by molar-refractivity contribution is 5.61. The van der Waals surface area contributed by atoms with Gasteiger partial charge in [-0.15, -0.1) is 0 Å². The van der Waals surface area contributed by atoms with E-state index in [1.165, 1.54) is 6.33 Å². The van der Waals surface area contributed by atoms with Crippen molar-refractivity contribution in [1.82, 2.24) is 9.97 Å². The Bertz CT molecular complexity index is 450. The molecule has 1 saturated carbocycles. The van der Waals surface area contributed by atoms with Crippen molar-refractivity contribution in [2.75, 3.05) is 17.2 Å². The molecular weight excluding hydrogens is 230 g/mol. The maximum absolute atomic E-state index is 11.5. The zero-order chi connectivity index (χ0) is 13.1. The SMILES string of the molecule is CCN(c1nc[nH]c(=O)c1N)C1CCC(N)CC1. The molecule has 1 fully saturated rings. The average molecular weight is 251 g/mol. The summed E-state index contributed by atoms with van der Waals surface area (Å²) in [5.74, 6) is 0.599. The van der Waals surface area contributed by atoms with Gasteiger partial charge in [-0.2, -0.15) is 0 Å². The van der Waals surface area contributed by atoms with Crippen LogP contribution < -0.4 is 21.9 Å². The summed E-state index contributed by atoms with van der Waals surface area (Å²) in [5.41, 5.74) is 11.7. The largest absolute Gasteiger partial charge is 0.391 e. The van der Waals surface area contributed by atoms with Crippen LogP contribution in [-0.2, 0) is 0 Å². The standard InChI is InChI=1S/C12H21N5O/c1-2-17(9-5-3-8(13)4-6-9)11-10(14)12(18)16-7-15-11/h7-9H,2-6,13-14H2,1H3,(H,15,16,18). The van der Waals surface area contributed by atoms with Gasteiger partial charge in [0, 0.05) is 18.6 Å². The summed E-state index contributed by atoms with van der Waals surface area (Å²) in [4.78, 5) is 20.4. The van der Waals surface area contributed by atoms with Crippen LogP contribution in [0.25, 0.3) is 0 Å². The molecule has 1 heterocycles. The van der Waals surface area contributed by atoms with E-state index in [4.69, 9.17) is 11.5 Å². The second-order valence-corrected chi connectivity index (χ2v) is 4.82. The van der Waals surface area contributed by atoms with Gasteiger partial charge >= 0.3 is 0 Å². The van der Waals surface area contributed by atoms with E-state index in [0.717, 1.165) is 32.2 Å². The first-order valence-electron chi connectivity index (χ1n) is 6.48. The van der Waals surface area contributed by atoms with Gasteiger partial charge in [-0.25, -0.2) is 4.98 Å². The van der Waals surface area contributed by atoms with Crippen LogP contribution >= 0.6 is 0 Å². The maximum atomic E-state index is 11.5. The molecule has 0 spiro atoms. The molecule has 5 N–H and O–H groups in total. The van der Waals surface area contributed by atoms with Gasteiger partial charge in [0.05, 0.1) is 6.33 Å². The van der Waals surface area contributed by atoms with E-state index in [2.05, 4.69) is 21.8 Å². The Morgan fingerprint density at radius 3 is 2.72 bits per heavy atom. The Balaban J connectivity index is 2.23. The van der Waals surface area contributed by atoms with Crippen LogP contribution in [0.1, 0.15) is 32.6 Å². The molecule has 0 radical (unpaired) electrons. The lowest BCUT2D eigenvalue weighted by molar-refractivity contribution is 0.377. The third-order valence-electron chi connectivity index (χ3n) is 3.66. The fourth-order valence-electron chi connectivity index (χ4n) is 2.62. The maximum Gasteiger partial charge on any atom is 0.276 e. The van der Waals surface area contributed by atoms with Gasteiger partial charge in [0.2, 0.25) is 0 Å². The first-order chi connectivity index (χ1) is 8.63. The number of rotatable bonds is 3. The summed E-state index contributed by atoms with van der Waals surface area (Å²) >= 11 is 0. The molecule has 0 amide bonds. The molecule has 1 aromatic rings. The number of nitrogens with one attached hydrogen (secondary N) is 1. The number of hydrogen-bond acceptors (Lipinski definition) is 5. The lowest BCUT2D eigenvalue weighted by Gasteiger charge is -2.36. The first-order valence-corrected chi connectivity index (χ1v) is 6.48. The number of nitrogen functional groups attached to an aromatic ring is 1. The topological polar surface area (TPSA) is 101 Å². The van der Waals surface area contributed by atoms with Crippen molar-refractivity contribution in [3.05, 3.63) is 16.7 Å². The normalized spacial score (nSPS) is 23.9. The van der Waals surface area contributed by atoms with Crippen molar-refractivity contribution in [2.24, 2.45) is 5.73 Å². The van der Waals surface area contributed by atoms with Crippen LogP contribution in [0.2, 0.25) is 0 Å². The van der Waals surface area contributed by atoms with Crippen LogP contribution in [-0.4, -0.2) is 28.6 Å². The summed E-state index contributed by atoms with van der Waals surface area (Å²) in [5, 5.41) is 0. The molecule has 18 heavy (non-hydrogen) atoms.